The van der Waals surface area contributed by atoms with Gasteiger partial charge in [-0.1, -0.05) is 6.92 Å². The van der Waals surface area contributed by atoms with Gasteiger partial charge in [0, 0.05) is 12.7 Å². The minimum absolute atomic E-state index is 0.106. The quantitative estimate of drug-likeness (QED) is 0.735. The van der Waals surface area contributed by atoms with Gasteiger partial charge in [0.2, 0.25) is 0 Å². The highest BCUT2D eigenvalue weighted by Gasteiger charge is 2.41. The van der Waals surface area contributed by atoms with Crippen molar-refractivity contribution in [2.75, 3.05) is 13.7 Å². The molecule has 0 amide bonds. The van der Waals surface area contributed by atoms with Crippen LogP contribution in [0.5, 0.6) is 5.75 Å². The molecule has 0 spiro atoms. The van der Waals surface area contributed by atoms with E-state index in [1.54, 1.807) is 7.11 Å². The van der Waals surface area contributed by atoms with E-state index in [1.807, 2.05) is 24.3 Å². The molecule has 0 radical (unpaired) electrons. The molecule has 1 fully saturated rings. The maximum atomic E-state index is 12.6. The summed E-state index contributed by atoms with van der Waals surface area (Å²) in [5.41, 5.74) is 0.124. The molecule has 104 valence electrons. The van der Waals surface area contributed by atoms with E-state index in [9.17, 15) is 4.79 Å². The molecule has 2 rings (SSSR count). The van der Waals surface area contributed by atoms with E-state index >= 15 is 0 Å². The van der Waals surface area contributed by atoms with Crippen molar-refractivity contribution in [1.29, 1.82) is 0 Å². The second-order valence-electron chi connectivity index (χ2n) is 5.11. The summed E-state index contributed by atoms with van der Waals surface area (Å²) in [6.45, 7) is 2.77. The van der Waals surface area contributed by atoms with Gasteiger partial charge in [-0.25, -0.2) is 0 Å². The number of ketones is 1. The van der Waals surface area contributed by atoms with Crippen molar-refractivity contribution in [1.82, 2.24) is 0 Å². The van der Waals surface area contributed by atoms with Crippen molar-refractivity contribution in [3.8, 4) is 5.75 Å². The normalized spacial score (nSPS) is 17.4. The Kier molecular flexibility index (Phi) is 4.59. The van der Waals surface area contributed by atoms with Gasteiger partial charge in [-0.2, -0.15) is 0 Å². The number of methoxy groups -OCH3 is 1. The smallest absolute Gasteiger partial charge is 0.194 e. The number of Topliss-reactive ketones (excluding diaryl/α,β-unsaturated/α-hetero) is 1. The van der Waals surface area contributed by atoms with Crippen molar-refractivity contribution in [3.05, 3.63) is 29.8 Å². The first-order valence-corrected chi connectivity index (χ1v) is 7.04. The predicted molar refractivity (Wildman–Crippen MR) is 74.8 cm³/mol. The number of ether oxygens (including phenoxy) is 2. The summed E-state index contributed by atoms with van der Waals surface area (Å²) in [6, 6.07) is 7.40. The van der Waals surface area contributed by atoms with E-state index in [0.29, 0.717) is 12.2 Å². The molecule has 0 heterocycles. The van der Waals surface area contributed by atoms with Crippen molar-refractivity contribution in [3.63, 3.8) is 0 Å². The lowest BCUT2D eigenvalue weighted by atomic mass is 9.91. The largest absolute Gasteiger partial charge is 0.494 e. The maximum absolute atomic E-state index is 12.6. The van der Waals surface area contributed by atoms with Crippen LogP contribution in [0.25, 0.3) is 0 Å². The highest BCUT2D eigenvalue weighted by atomic mass is 16.5. The Morgan fingerprint density at radius 3 is 2.37 bits per heavy atom. The van der Waals surface area contributed by atoms with Gasteiger partial charge in [-0.3, -0.25) is 4.79 Å². The second kappa shape index (κ2) is 6.20. The maximum Gasteiger partial charge on any atom is 0.194 e. The summed E-state index contributed by atoms with van der Waals surface area (Å²) >= 11 is 0. The zero-order chi connectivity index (χ0) is 13.7. The predicted octanol–water partition coefficient (Wildman–Crippen LogP) is 3.62. The highest BCUT2D eigenvalue weighted by Crippen LogP contribution is 2.35. The molecule has 1 aromatic rings. The standard InChI is InChI=1S/C16H22O3/c1-3-12-19-14-8-6-13(7-9-14)15(17)16(18-2)10-4-5-11-16/h6-9H,3-5,10-12H2,1-2H3. The minimum Gasteiger partial charge on any atom is -0.494 e. The van der Waals surface area contributed by atoms with Crippen LogP contribution in [0.1, 0.15) is 49.4 Å². The molecule has 0 saturated heterocycles. The summed E-state index contributed by atoms with van der Waals surface area (Å²) in [5.74, 6) is 0.922. The number of carbonyl (C=O) groups is 1. The van der Waals surface area contributed by atoms with Crippen LogP contribution in [0.4, 0.5) is 0 Å². The Bertz CT molecular complexity index is 416. The third-order valence-corrected chi connectivity index (χ3v) is 3.81. The van der Waals surface area contributed by atoms with Crippen LogP contribution in [-0.2, 0) is 4.74 Å². The molecule has 0 aliphatic heterocycles. The SMILES string of the molecule is CCCOc1ccc(C(=O)C2(OC)CCCC2)cc1. The molecular formula is C16H22O3. The lowest BCUT2D eigenvalue weighted by molar-refractivity contribution is 0.00602. The third kappa shape index (κ3) is 2.98. The number of hydrogen-bond acceptors (Lipinski definition) is 3. The minimum atomic E-state index is -0.591. The highest BCUT2D eigenvalue weighted by molar-refractivity contribution is 6.02. The zero-order valence-electron chi connectivity index (χ0n) is 11.8. The fourth-order valence-electron chi connectivity index (χ4n) is 2.66. The van der Waals surface area contributed by atoms with Crippen LogP contribution in [-0.4, -0.2) is 25.1 Å². The second-order valence-corrected chi connectivity index (χ2v) is 5.11. The molecule has 0 aromatic heterocycles. The summed E-state index contributed by atoms with van der Waals surface area (Å²) in [5, 5.41) is 0. The van der Waals surface area contributed by atoms with Gasteiger partial charge in [0.05, 0.1) is 6.61 Å². The van der Waals surface area contributed by atoms with Crippen LogP contribution in [0.3, 0.4) is 0 Å². The van der Waals surface area contributed by atoms with E-state index in [-0.39, 0.29) is 5.78 Å². The third-order valence-electron chi connectivity index (χ3n) is 3.81. The van der Waals surface area contributed by atoms with Gasteiger partial charge in [0.25, 0.3) is 0 Å². The first-order valence-electron chi connectivity index (χ1n) is 7.04. The molecule has 0 N–H and O–H groups in total. The van der Waals surface area contributed by atoms with E-state index in [4.69, 9.17) is 9.47 Å². The Balaban J connectivity index is 2.10. The van der Waals surface area contributed by atoms with Crippen LogP contribution in [0.15, 0.2) is 24.3 Å². The first kappa shape index (κ1) is 14.1. The lowest BCUT2D eigenvalue weighted by Gasteiger charge is -2.25. The Labute approximate surface area is 114 Å². The number of benzene rings is 1. The van der Waals surface area contributed by atoms with Gasteiger partial charge >= 0.3 is 0 Å². The molecule has 19 heavy (non-hydrogen) atoms. The van der Waals surface area contributed by atoms with E-state index in [0.717, 1.165) is 37.9 Å². The molecule has 1 aliphatic rings. The average Bonchev–Trinajstić information content (AvgIpc) is 2.95. The van der Waals surface area contributed by atoms with Gasteiger partial charge in [0.1, 0.15) is 11.4 Å². The van der Waals surface area contributed by atoms with Gasteiger partial charge in [0.15, 0.2) is 5.78 Å². The Morgan fingerprint density at radius 2 is 1.84 bits per heavy atom. The summed E-state index contributed by atoms with van der Waals surface area (Å²) in [6.07, 6.45) is 4.77. The van der Waals surface area contributed by atoms with Crippen LogP contribution in [0, 0.1) is 0 Å². The summed E-state index contributed by atoms with van der Waals surface area (Å²) < 4.78 is 11.1. The number of hydrogen-bond donors (Lipinski definition) is 0. The molecule has 0 bridgehead atoms. The molecule has 1 aromatic carbocycles. The fraction of sp³-hybridized carbons (Fsp3) is 0.562. The molecule has 1 aliphatic carbocycles. The average molecular weight is 262 g/mol. The van der Waals surface area contributed by atoms with Crippen molar-refractivity contribution < 1.29 is 14.3 Å². The van der Waals surface area contributed by atoms with Crippen molar-refractivity contribution in [2.45, 2.75) is 44.6 Å². The van der Waals surface area contributed by atoms with Crippen LogP contribution >= 0.6 is 0 Å². The molecule has 0 unspecified atom stereocenters. The van der Waals surface area contributed by atoms with E-state index in [2.05, 4.69) is 6.92 Å². The fourth-order valence-corrected chi connectivity index (χ4v) is 2.66. The number of rotatable bonds is 6. The van der Waals surface area contributed by atoms with Gasteiger partial charge in [-0.05, 0) is 56.4 Å². The van der Waals surface area contributed by atoms with Gasteiger partial charge < -0.3 is 9.47 Å². The van der Waals surface area contributed by atoms with Gasteiger partial charge in [-0.15, -0.1) is 0 Å². The topological polar surface area (TPSA) is 35.5 Å². The van der Waals surface area contributed by atoms with Crippen LogP contribution in [0.2, 0.25) is 0 Å². The van der Waals surface area contributed by atoms with E-state index < -0.39 is 5.60 Å². The molecular weight excluding hydrogens is 240 g/mol. The molecule has 3 nitrogen and oxygen atoms in total. The Morgan fingerprint density at radius 1 is 1.21 bits per heavy atom. The summed E-state index contributed by atoms with van der Waals surface area (Å²) in [4.78, 5) is 12.6. The molecule has 0 atom stereocenters. The van der Waals surface area contributed by atoms with Crippen LogP contribution < -0.4 is 4.74 Å². The molecule has 3 heteroatoms. The van der Waals surface area contributed by atoms with Crippen molar-refractivity contribution in [2.24, 2.45) is 0 Å². The van der Waals surface area contributed by atoms with Crippen molar-refractivity contribution >= 4 is 5.78 Å². The molecule has 1 saturated carbocycles. The monoisotopic (exact) mass is 262 g/mol. The zero-order valence-corrected chi connectivity index (χ0v) is 11.8. The lowest BCUT2D eigenvalue weighted by Crippen LogP contribution is -2.37. The summed E-state index contributed by atoms with van der Waals surface area (Å²) in [7, 11) is 1.64. The Hall–Kier alpha value is -1.35. The first-order chi connectivity index (χ1) is 9.22. The number of carbonyl (C=O) groups excluding carboxylic acids is 1. The van der Waals surface area contributed by atoms with E-state index in [1.165, 1.54) is 0 Å².